The molecule has 0 atom stereocenters. The number of aryl methyl sites for hydroxylation is 1. The standard InChI is InChI=1S/C14H16N2O2/c1-10-2-3-13-12(9-17)15-14(16(13)8-10)11-4-6-18-7-5-11/h2-3,8-9,11H,4-7H2,1H3. The molecule has 0 aliphatic carbocycles. The van der Waals surface area contributed by atoms with Crippen LogP contribution in [0.15, 0.2) is 18.3 Å². The van der Waals surface area contributed by atoms with Crippen LogP contribution >= 0.6 is 0 Å². The van der Waals surface area contributed by atoms with E-state index >= 15 is 0 Å². The van der Waals surface area contributed by atoms with Crippen LogP contribution in [-0.4, -0.2) is 28.9 Å². The Morgan fingerprint density at radius 2 is 2.17 bits per heavy atom. The first-order valence-corrected chi connectivity index (χ1v) is 6.31. The second kappa shape index (κ2) is 4.53. The number of aldehydes is 1. The monoisotopic (exact) mass is 244 g/mol. The van der Waals surface area contributed by atoms with E-state index in [9.17, 15) is 4.79 Å². The molecule has 18 heavy (non-hydrogen) atoms. The molecule has 0 saturated carbocycles. The molecule has 4 nitrogen and oxygen atoms in total. The number of aromatic nitrogens is 2. The van der Waals surface area contributed by atoms with E-state index in [0.29, 0.717) is 11.6 Å². The number of imidazole rings is 1. The molecule has 0 spiro atoms. The number of fused-ring (bicyclic) bond motifs is 1. The molecular weight excluding hydrogens is 228 g/mol. The average Bonchev–Trinajstić information content (AvgIpc) is 2.77. The Balaban J connectivity index is 2.15. The molecule has 0 radical (unpaired) electrons. The molecule has 0 N–H and O–H groups in total. The summed E-state index contributed by atoms with van der Waals surface area (Å²) in [7, 11) is 0. The van der Waals surface area contributed by atoms with Gasteiger partial charge in [-0.05, 0) is 31.4 Å². The molecule has 3 rings (SSSR count). The quantitative estimate of drug-likeness (QED) is 0.762. The van der Waals surface area contributed by atoms with E-state index in [4.69, 9.17) is 4.74 Å². The number of pyridine rings is 1. The highest BCUT2D eigenvalue weighted by atomic mass is 16.5. The highest BCUT2D eigenvalue weighted by molar-refractivity contribution is 5.83. The zero-order valence-electron chi connectivity index (χ0n) is 10.4. The van der Waals surface area contributed by atoms with E-state index in [2.05, 4.69) is 15.6 Å². The molecule has 1 saturated heterocycles. The minimum Gasteiger partial charge on any atom is -0.381 e. The van der Waals surface area contributed by atoms with Crippen molar-refractivity contribution in [1.29, 1.82) is 0 Å². The Labute approximate surface area is 106 Å². The Bertz CT molecular complexity index is 583. The van der Waals surface area contributed by atoms with E-state index < -0.39 is 0 Å². The van der Waals surface area contributed by atoms with Gasteiger partial charge in [0.05, 0.1) is 5.52 Å². The number of rotatable bonds is 2. The predicted octanol–water partition coefficient (Wildman–Crippen LogP) is 2.35. The fourth-order valence-corrected chi connectivity index (χ4v) is 2.57. The smallest absolute Gasteiger partial charge is 0.170 e. The summed E-state index contributed by atoms with van der Waals surface area (Å²) in [5.41, 5.74) is 2.61. The first-order chi connectivity index (χ1) is 8.79. The summed E-state index contributed by atoms with van der Waals surface area (Å²) in [5.74, 6) is 1.39. The van der Waals surface area contributed by atoms with Crippen molar-refractivity contribution in [3.63, 3.8) is 0 Å². The summed E-state index contributed by atoms with van der Waals surface area (Å²) < 4.78 is 7.45. The third-order valence-electron chi connectivity index (χ3n) is 3.54. The highest BCUT2D eigenvalue weighted by Gasteiger charge is 2.22. The molecule has 1 fully saturated rings. The lowest BCUT2D eigenvalue weighted by atomic mass is 9.99. The van der Waals surface area contributed by atoms with Crippen LogP contribution in [0.1, 0.15) is 40.6 Å². The van der Waals surface area contributed by atoms with Crippen LogP contribution in [0.3, 0.4) is 0 Å². The van der Waals surface area contributed by atoms with Crippen molar-refractivity contribution in [2.24, 2.45) is 0 Å². The Morgan fingerprint density at radius 3 is 2.89 bits per heavy atom. The lowest BCUT2D eigenvalue weighted by molar-refractivity contribution is 0.0834. The number of hydrogen-bond donors (Lipinski definition) is 0. The molecule has 0 amide bonds. The SMILES string of the molecule is Cc1ccc2c(C=O)nc(C3CCOCC3)n2c1. The molecule has 2 aromatic rings. The zero-order valence-corrected chi connectivity index (χ0v) is 10.4. The number of nitrogens with zero attached hydrogens (tertiary/aromatic N) is 2. The van der Waals surface area contributed by atoms with Gasteiger partial charge in [-0.3, -0.25) is 4.79 Å². The van der Waals surface area contributed by atoms with Crippen molar-refractivity contribution >= 4 is 11.8 Å². The van der Waals surface area contributed by atoms with Crippen molar-refractivity contribution in [3.8, 4) is 0 Å². The van der Waals surface area contributed by atoms with Crippen LogP contribution in [0.2, 0.25) is 0 Å². The molecule has 94 valence electrons. The Hall–Kier alpha value is -1.68. The number of ether oxygens (including phenoxy) is 1. The first-order valence-electron chi connectivity index (χ1n) is 6.31. The first kappa shape index (κ1) is 11.4. The molecular formula is C14H16N2O2. The van der Waals surface area contributed by atoms with Crippen LogP contribution < -0.4 is 0 Å². The van der Waals surface area contributed by atoms with Crippen LogP contribution in [0.4, 0.5) is 0 Å². The summed E-state index contributed by atoms with van der Waals surface area (Å²) in [6.45, 7) is 3.61. The maximum absolute atomic E-state index is 11.1. The average molecular weight is 244 g/mol. The van der Waals surface area contributed by atoms with Crippen LogP contribution in [0, 0.1) is 6.92 Å². The van der Waals surface area contributed by atoms with Crippen molar-refractivity contribution < 1.29 is 9.53 Å². The zero-order chi connectivity index (χ0) is 12.5. The van der Waals surface area contributed by atoms with Crippen molar-refractivity contribution in [3.05, 3.63) is 35.4 Å². The fourth-order valence-electron chi connectivity index (χ4n) is 2.57. The third-order valence-corrected chi connectivity index (χ3v) is 3.54. The third kappa shape index (κ3) is 1.82. The van der Waals surface area contributed by atoms with Gasteiger partial charge in [0.1, 0.15) is 11.5 Å². The normalized spacial score (nSPS) is 17.2. The summed E-state index contributed by atoms with van der Waals surface area (Å²) in [6.07, 6.45) is 4.85. The van der Waals surface area contributed by atoms with Crippen molar-refractivity contribution in [1.82, 2.24) is 9.38 Å². The maximum atomic E-state index is 11.1. The molecule has 0 bridgehead atoms. The molecule has 1 aliphatic rings. The van der Waals surface area contributed by atoms with E-state index in [1.807, 2.05) is 19.1 Å². The van der Waals surface area contributed by atoms with Gasteiger partial charge in [-0.1, -0.05) is 6.07 Å². The second-order valence-electron chi connectivity index (χ2n) is 4.82. The summed E-state index contributed by atoms with van der Waals surface area (Å²) in [6, 6.07) is 3.98. The van der Waals surface area contributed by atoms with Crippen LogP contribution in [0.5, 0.6) is 0 Å². The lowest BCUT2D eigenvalue weighted by Gasteiger charge is -2.21. The number of hydrogen-bond acceptors (Lipinski definition) is 3. The van der Waals surface area contributed by atoms with E-state index in [1.165, 1.54) is 5.56 Å². The van der Waals surface area contributed by atoms with Gasteiger partial charge in [-0.15, -0.1) is 0 Å². The summed E-state index contributed by atoms with van der Waals surface area (Å²) >= 11 is 0. The number of carbonyl (C=O) groups is 1. The minimum absolute atomic E-state index is 0.391. The Morgan fingerprint density at radius 1 is 1.39 bits per heavy atom. The van der Waals surface area contributed by atoms with Gasteiger partial charge in [0, 0.05) is 25.3 Å². The van der Waals surface area contributed by atoms with Gasteiger partial charge >= 0.3 is 0 Å². The predicted molar refractivity (Wildman–Crippen MR) is 68.1 cm³/mol. The van der Waals surface area contributed by atoms with Gasteiger partial charge in [0.25, 0.3) is 0 Å². The van der Waals surface area contributed by atoms with Crippen molar-refractivity contribution in [2.75, 3.05) is 13.2 Å². The topological polar surface area (TPSA) is 43.6 Å². The van der Waals surface area contributed by atoms with Gasteiger partial charge in [-0.2, -0.15) is 0 Å². The van der Waals surface area contributed by atoms with Crippen LogP contribution in [0.25, 0.3) is 5.52 Å². The molecule has 1 aliphatic heterocycles. The molecule has 3 heterocycles. The van der Waals surface area contributed by atoms with E-state index in [1.54, 1.807) is 0 Å². The Kier molecular flexibility index (Phi) is 2.88. The lowest BCUT2D eigenvalue weighted by Crippen LogP contribution is -2.16. The fraction of sp³-hybridized carbons (Fsp3) is 0.429. The van der Waals surface area contributed by atoms with Gasteiger partial charge in [0.15, 0.2) is 6.29 Å². The van der Waals surface area contributed by atoms with Gasteiger partial charge in [-0.25, -0.2) is 4.98 Å². The maximum Gasteiger partial charge on any atom is 0.170 e. The van der Waals surface area contributed by atoms with Gasteiger partial charge < -0.3 is 9.14 Å². The highest BCUT2D eigenvalue weighted by Crippen LogP contribution is 2.28. The molecule has 2 aromatic heterocycles. The molecule has 0 unspecified atom stereocenters. The molecule has 0 aromatic carbocycles. The van der Waals surface area contributed by atoms with Gasteiger partial charge in [0.2, 0.25) is 0 Å². The largest absolute Gasteiger partial charge is 0.381 e. The second-order valence-corrected chi connectivity index (χ2v) is 4.82. The van der Waals surface area contributed by atoms with E-state index in [-0.39, 0.29) is 0 Å². The number of carbonyl (C=O) groups excluding carboxylic acids is 1. The molecule has 4 heteroatoms. The van der Waals surface area contributed by atoms with E-state index in [0.717, 1.165) is 43.7 Å². The minimum atomic E-state index is 0.391. The summed E-state index contributed by atoms with van der Waals surface area (Å²) in [5, 5.41) is 0. The van der Waals surface area contributed by atoms with Crippen molar-refractivity contribution in [2.45, 2.75) is 25.7 Å². The summed E-state index contributed by atoms with van der Waals surface area (Å²) in [4.78, 5) is 15.6. The van der Waals surface area contributed by atoms with Crippen LogP contribution in [-0.2, 0) is 4.74 Å².